The first-order valence-corrected chi connectivity index (χ1v) is 36.2. The molecule has 6 heteroatoms. The molecule has 275 valence electrons. The Kier molecular flexibility index (Phi) is 11.4. The summed E-state index contributed by atoms with van der Waals surface area (Å²) < 4.78 is 2.17. The number of quaternary nitrogens is 2. The van der Waals surface area contributed by atoms with Gasteiger partial charge < -0.3 is 0 Å². The predicted molar refractivity (Wildman–Crippen MR) is 234 cm³/mol. The van der Waals surface area contributed by atoms with Crippen molar-refractivity contribution in [2.24, 2.45) is 0 Å². The molecule has 0 spiro atoms. The van der Waals surface area contributed by atoms with E-state index in [1.165, 1.54) is 67.0 Å². The molecule has 0 heterocycles. The van der Waals surface area contributed by atoms with Gasteiger partial charge >= 0.3 is 327 Å². The van der Waals surface area contributed by atoms with Crippen LogP contribution in [0.3, 0.4) is 0 Å². The second-order valence-corrected chi connectivity index (χ2v) is 58.4. The minimum atomic E-state index is -4.77. The van der Waals surface area contributed by atoms with Gasteiger partial charge in [-0.3, -0.25) is 0 Å². The zero-order valence-electron chi connectivity index (χ0n) is 33.4. The fraction of sp³-hybridized carbons (Fsp3) is 0.391. The minimum absolute atomic E-state index is 0.0838. The van der Waals surface area contributed by atoms with E-state index in [9.17, 15) is 0 Å². The van der Waals surface area contributed by atoms with Crippen LogP contribution in [-0.2, 0) is 15.6 Å². The summed E-state index contributed by atoms with van der Waals surface area (Å²) >= 11 is -4.77. The first kappa shape index (κ1) is 39.6. The van der Waals surface area contributed by atoms with Crippen molar-refractivity contribution < 1.29 is 15.6 Å². The van der Waals surface area contributed by atoms with E-state index in [-0.39, 0.29) is 7.25 Å². The van der Waals surface area contributed by atoms with Gasteiger partial charge in [0.05, 0.1) is 0 Å². The van der Waals surface area contributed by atoms with Crippen LogP contribution < -0.4 is 8.97 Å². The summed E-state index contributed by atoms with van der Waals surface area (Å²) in [6, 6.07) is 32.5. The van der Waals surface area contributed by atoms with Crippen molar-refractivity contribution in [2.75, 3.05) is 39.3 Å². The van der Waals surface area contributed by atoms with Gasteiger partial charge in [0.25, 0.3) is 0 Å². The Labute approximate surface area is 324 Å². The summed E-state index contributed by atoms with van der Waals surface area (Å²) in [6.45, 7) is 29.9. The van der Waals surface area contributed by atoms with Crippen LogP contribution >= 0.6 is 17.0 Å². The molecule has 0 amide bonds. The molecule has 6 rings (SSSR count). The van der Waals surface area contributed by atoms with Gasteiger partial charge in [-0.15, -0.1) is 0 Å². The Morgan fingerprint density at radius 2 is 0.846 bits per heavy atom. The number of hydrogen-bond acceptors (Lipinski definition) is 0. The summed E-state index contributed by atoms with van der Waals surface area (Å²) in [7, 11) is 17.1. The second-order valence-electron chi connectivity index (χ2n) is 15.9. The number of rotatable bonds is 13. The molecule has 2 unspecified atom stereocenters. The molecule has 2 aliphatic rings. The van der Waals surface area contributed by atoms with Crippen molar-refractivity contribution in [1.82, 2.24) is 8.97 Å². The average molecular weight is 832 g/mol. The third kappa shape index (κ3) is 6.07. The molecule has 0 fully saturated rings. The summed E-state index contributed by atoms with van der Waals surface area (Å²) in [5.41, 5.74) is 15.9. The summed E-state index contributed by atoms with van der Waals surface area (Å²) in [5.74, 6) is -1.62. The fourth-order valence-corrected chi connectivity index (χ4v) is 43.2. The number of hydrogen-bond donors (Lipinski definition) is 0. The molecule has 0 aliphatic heterocycles. The van der Waals surface area contributed by atoms with Gasteiger partial charge in [0.1, 0.15) is 0 Å². The molecule has 0 N–H and O–H groups in total. The van der Waals surface area contributed by atoms with Crippen LogP contribution in [0.2, 0.25) is 13.1 Å². The van der Waals surface area contributed by atoms with Gasteiger partial charge in [-0.25, -0.2) is 0 Å². The second kappa shape index (κ2) is 14.9. The maximum absolute atomic E-state index is 8.57. The SMILES string of the molecule is CC[N+](CC)(CC)c1ccc(-c2cccc3c2C=C(C)[CH]3[Zr]([Cl])([Cl])([CH]2C(C)=Cc3c(-c4ccc([N+](CC)(CC)CC)cc4)cccc32)[SiH](C)C)cc1. The Balaban J connectivity index is 1.43. The van der Waals surface area contributed by atoms with Crippen LogP contribution in [0.5, 0.6) is 0 Å². The van der Waals surface area contributed by atoms with E-state index in [2.05, 4.69) is 166 Å². The molecule has 52 heavy (non-hydrogen) atoms. The van der Waals surface area contributed by atoms with Crippen molar-refractivity contribution >= 4 is 46.5 Å². The van der Waals surface area contributed by atoms with Crippen molar-refractivity contribution in [1.29, 1.82) is 0 Å². The maximum atomic E-state index is 8.57. The van der Waals surface area contributed by atoms with E-state index < -0.39 is 21.5 Å². The van der Waals surface area contributed by atoms with Crippen molar-refractivity contribution in [3.05, 3.63) is 118 Å². The number of allylic oxidation sites excluding steroid dienone is 2. The van der Waals surface area contributed by atoms with E-state index >= 15 is 0 Å². The van der Waals surface area contributed by atoms with Crippen LogP contribution in [0.25, 0.3) is 34.4 Å². The zero-order valence-corrected chi connectivity index (χ0v) is 38.5. The van der Waals surface area contributed by atoms with E-state index in [1.807, 2.05) is 0 Å². The first-order valence-electron chi connectivity index (χ1n) is 19.9. The number of benzene rings is 4. The Hall–Kier alpha value is -2.04. The van der Waals surface area contributed by atoms with Crippen molar-refractivity contribution in [3.8, 4) is 22.3 Å². The number of halogens is 2. The molecule has 4 aromatic rings. The van der Waals surface area contributed by atoms with Gasteiger partial charge in [-0.1, -0.05) is 0 Å². The molecular formula is C46H61Cl2N2SiZr+2. The van der Waals surface area contributed by atoms with Crippen molar-refractivity contribution in [2.45, 2.75) is 75.7 Å². The quantitative estimate of drug-likeness (QED) is 0.0930. The standard InChI is InChI=1S/2C22H27N.C2H7Si.2ClH.Zr/c2*1-5-23(6-2,7-3)20-13-11-18(12-14-20)21-10-8-9-19-15-17(4)16-22(19)21;1-3-2;;;/h2*8-16H,5-7H2,1-4H3;3H,1-2H3;2*1H;/q2*+1;;;;+2/p-2. The predicted octanol–water partition coefficient (Wildman–Crippen LogP) is 13.4. The number of fused-ring (bicyclic) bond motifs is 2. The van der Waals surface area contributed by atoms with Crippen LogP contribution in [0.4, 0.5) is 11.4 Å². The van der Waals surface area contributed by atoms with E-state index in [4.69, 9.17) is 17.0 Å². The van der Waals surface area contributed by atoms with Gasteiger partial charge in [0, 0.05) is 0 Å². The van der Waals surface area contributed by atoms with Crippen molar-refractivity contribution in [3.63, 3.8) is 0 Å². The molecule has 0 bridgehead atoms. The molecule has 0 saturated heterocycles. The molecule has 0 aromatic heterocycles. The molecule has 0 saturated carbocycles. The van der Waals surface area contributed by atoms with E-state index in [0.29, 0.717) is 0 Å². The van der Waals surface area contributed by atoms with Gasteiger partial charge in [0.2, 0.25) is 0 Å². The Bertz CT molecular complexity index is 1850. The fourth-order valence-electron chi connectivity index (χ4n) is 10.3. The molecular weight excluding hydrogens is 771 g/mol. The summed E-state index contributed by atoms with van der Waals surface area (Å²) in [6.07, 6.45) is 4.86. The monoisotopic (exact) mass is 829 g/mol. The van der Waals surface area contributed by atoms with E-state index in [0.717, 1.165) is 48.2 Å². The Morgan fingerprint density at radius 1 is 0.519 bits per heavy atom. The molecule has 2 nitrogen and oxygen atoms in total. The molecule has 2 atom stereocenters. The Morgan fingerprint density at radius 3 is 1.13 bits per heavy atom. The average Bonchev–Trinajstić information content (AvgIpc) is 3.70. The van der Waals surface area contributed by atoms with Gasteiger partial charge in [-0.2, -0.15) is 0 Å². The summed E-state index contributed by atoms with van der Waals surface area (Å²) in [4.78, 5) is 0. The van der Waals surface area contributed by atoms with Crippen LogP contribution in [0.1, 0.15) is 84.9 Å². The topological polar surface area (TPSA) is 0 Å². The number of nitrogens with zero attached hydrogens (tertiary/aromatic N) is 2. The van der Waals surface area contributed by atoms with Crippen LogP contribution in [-0.4, -0.2) is 45.2 Å². The third-order valence-corrected chi connectivity index (χ3v) is 66.1. The third-order valence-electron chi connectivity index (χ3n) is 13.8. The zero-order chi connectivity index (χ0) is 37.7. The van der Waals surface area contributed by atoms with E-state index in [1.54, 1.807) is 0 Å². The summed E-state index contributed by atoms with van der Waals surface area (Å²) in [5, 5.41) is 0. The normalized spacial score (nSPS) is 18.1. The first-order chi connectivity index (χ1) is 24.8. The molecule has 2 aliphatic carbocycles. The van der Waals surface area contributed by atoms with Crippen LogP contribution in [0, 0.1) is 0 Å². The molecule has 0 radical (unpaired) electrons. The van der Waals surface area contributed by atoms with Crippen LogP contribution in [0.15, 0.2) is 96.1 Å². The van der Waals surface area contributed by atoms with Gasteiger partial charge in [-0.05, 0) is 0 Å². The molecule has 4 aromatic carbocycles. The van der Waals surface area contributed by atoms with Gasteiger partial charge in [0.15, 0.2) is 0 Å².